The van der Waals surface area contributed by atoms with E-state index in [4.69, 9.17) is 0 Å². The van der Waals surface area contributed by atoms with Crippen LogP contribution in [0.4, 0.5) is 5.69 Å². The maximum Gasteiger partial charge on any atom is 0.227 e. The Hall–Kier alpha value is -2.10. The minimum Gasteiger partial charge on any atom is -0.326 e. The average molecular weight is 241 g/mol. The molecule has 0 radical (unpaired) electrons. The molecule has 1 aromatic heterocycles. The van der Waals surface area contributed by atoms with Crippen LogP contribution in [0.15, 0.2) is 36.5 Å². The molecular formula is C14H15N3O. The zero-order valence-corrected chi connectivity index (χ0v) is 10.3. The highest BCUT2D eigenvalue weighted by Crippen LogP contribution is 2.30. The van der Waals surface area contributed by atoms with Crippen LogP contribution in [0, 0.1) is 12.8 Å². The highest BCUT2D eigenvalue weighted by molar-refractivity contribution is 5.94. The summed E-state index contributed by atoms with van der Waals surface area (Å²) in [6, 6.07) is 9.69. The van der Waals surface area contributed by atoms with Crippen molar-refractivity contribution < 1.29 is 4.79 Å². The molecule has 4 nitrogen and oxygen atoms in total. The van der Waals surface area contributed by atoms with Crippen LogP contribution in [0.1, 0.15) is 18.5 Å². The third-order valence-corrected chi connectivity index (χ3v) is 3.07. The molecule has 0 bridgehead atoms. The number of aryl methyl sites for hydroxylation is 1. The number of nitrogens with one attached hydrogen (secondary N) is 1. The van der Waals surface area contributed by atoms with Crippen LogP contribution in [0.5, 0.6) is 0 Å². The second-order valence-corrected chi connectivity index (χ2v) is 4.71. The Balaban J connectivity index is 1.74. The quantitative estimate of drug-likeness (QED) is 0.897. The predicted octanol–water partition coefficient (Wildman–Crippen LogP) is 2.53. The third-order valence-electron chi connectivity index (χ3n) is 3.07. The monoisotopic (exact) mass is 241 g/mol. The van der Waals surface area contributed by atoms with Crippen LogP contribution >= 0.6 is 0 Å². The highest BCUT2D eigenvalue weighted by atomic mass is 16.2. The maximum atomic E-state index is 11.6. The van der Waals surface area contributed by atoms with E-state index in [0.717, 1.165) is 29.9 Å². The first-order chi connectivity index (χ1) is 8.72. The van der Waals surface area contributed by atoms with Gasteiger partial charge in [-0.05, 0) is 50.1 Å². The Morgan fingerprint density at radius 3 is 2.56 bits per heavy atom. The Morgan fingerprint density at radius 1 is 1.28 bits per heavy atom. The molecule has 1 saturated carbocycles. The van der Waals surface area contributed by atoms with Crippen LogP contribution in [-0.2, 0) is 4.79 Å². The SMILES string of the molecule is Cc1ccn(-c2ccc(NC(=O)C3CC3)cc2)n1. The molecule has 1 fully saturated rings. The minimum absolute atomic E-state index is 0.137. The van der Waals surface area contributed by atoms with Crippen molar-refractivity contribution in [3.63, 3.8) is 0 Å². The Bertz CT molecular complexity index is 567. The summed E-state index contributed by atoms with van der Waals surface area (Å²) in [6.45, 7) is 1.96. The molecule has 18 heavy (non-hydrogen) atoms. The molecule has 4 heteroatoms. The topological polar surface area (TPSA) is 46.9 Å². The van der Waals surface area contributed by atoms with Crippen molar-refractivity contribution in [3.05, 3.63) is 42.2 Å². The third kappa shape index (κ3) is 2.27. The van der Waals surface area contributed by atoms with Crippen molar-refractivity contribution >= 4 is 11.6 Å². The zero-order valence-electron chi connectivity index (χ0n) is 10.3. The lowest BCUT2D eigenvalue weighted by atomic mass is 10.2. The van der Waals surface area contributed by atoms with Gasteiger partial charge in [-0.15, -0.1) is 0 Å². The summed E-state index contributed by atoms with van der Waals surface area (Å²) in [4.78, 5) is 11.6. The first-order valence-electron chi connectivity index (χ1n) is 6.16. The van der Waals surface area contributed by atoms with Gasteiger partial charge in [0.15, 0.2) is 0 Å². The first kappa shape index (κ1) is 11.0. The second kappa shape index (κ2) is 4.29. The lowest BCUT2D eigenvalue weighted by Gasteiger charge is -2.06. The molecule has 1 aliphatic rings. The van der Waals surface area contributed by atoms with Gasteiger partial charge in [-0.3, -0.25) is 4.79 Å². The number of benzene rings is 1. The van der Waals surface area contributed by atoms with Crippen molar-refractivity contribution in [2.24, 2.45) is 5.92 Å². The van der Waals surface area contributed by atoms with Gasteiger partial charge >= 0.3 is 0 Å². The van der Waals surface area contributed by atoms with E-state index in [9.17, 15) is 4.79 Å². The molecule has 0 saturated heterocycles. The lowest BCUT2D eigenvalue weighted by molar-refractivity contribution is -0.117. The number of hydrogen-bond donors (Lipinski definition) is 1. The number of amides is 1. The van der Waals surface area contributed by atoms with Crippen molar-refractivity contribution in [1.82, 2.24) is 9.78 Å². The van der Waals surface area contributed by atoms with Gasteiger partial charge < -0.3 is 5.32 Å². The van der Waals surface area contributed by atoms with Crippen LogP contribution in [0.25, 0.3) is 5.69 Å². The molecular weight excluding hydrogens is 226 g/mol. The van der Waals surface area contributed by atoms with Gasteiger partial charge in [-0.1, -0.05) is 0 Å². The number of aromatic nitrogens is 2. The molecule has 0 unspecified atom stereocenters. The standard InChI is InChI=1S/C14H15N3O/c1-10-8-9-17(16-10)13-6-4-12(5-7-13)15-14(18)11-2-3-11/h4-9,11H,2-3H2,1H3,(H,15,18). The summed E-state index contributed by atoms with van der Waals surface area (Å²) in [7, 11) is 0. The van der Waals surface area contributed by atoms with Crippen LogP contribution < -0.4 is 5.32 Å². The molecule has 0 atom stereocenters. The van der Waals surface area contributed by atoms with E-state index in [-0.39, 0.29) is 11.8 Å². The first-order valence-corrected chi connectivity index (χ1v) is 6.16. The van der Waals surface area contributed by atoms with Gasteiger partial charge in [-0.25, -0.2) is 4.68 Å². The van der Waals surface area contributed by atoms with Gasteiger partial charge in [0.25, 0.3) is 0 Å². The number of anilines is 1. The summed E-state index contributed by atoms with van der Waals surface area (Å²) in [5.74, 6) is 0.371. The summed E-state index contributed by atoms with van der Waals surface area (Å²) in [5.41, 5.74) is 2.83. The largest absolute Gasteiger partial charge is 0.326 e. The van der Waals surface area contributed by atoms with Crippen molar-refractivity contribution in [2.75, 3.05) is 5.32 Å². The summed E-state index contributed by atoms with van der Waals surface area (Å²) in [5, 5.41) is 7.26. The average Bonchev–Trinajstić information content (AvgIpc) is 3.13. The molecule has 1 heterocycles. The normalized spacial score (nSPS) is 14.5. The van der Waals surface area contributed by atoms with E-state index >= 15 is 0 Å². The minimum atomic E-state index is 0.137. The van der Waals surface area contributed by atoms with E-state index in [0.29, 0.717) is 0 Å². The van der Waals surface area contributed by atoms with E-state index in [1.165, 1.54) is 0 Å². The summed E-state index contributed by atoms with van der Waals surface area (Å²) in [6.07, 6.45) is 3.97. The molecule has 0 spiro atoms. The van der Waals surface area contributed by atoms with Crippen molar-refractivity contribution in [2.45, 2.75) is 19.8 Å². The van der Waals surface area contributed by atoms with Crippen LogP contribution in [0.2, 0.25) is 0 Å². The Kier molecular flexibility index (Phi) is 2.63. The fraction of sp³-hybridized carbons (Fsp3) is 0.286. The highest BCUT2D eigenvalue weighted by Gasteiger charge is 2.29. The molecule has 92 valence electrons. The molecule has 1 aliphatic carbocycles. The lowest BCUT2D eigenvalue weighted by Crippen LogP contribution is -2.13. The van der Waals surface area contributed by atoms with E-state index in [1.807, 2.05) is 48.1 Å². The molecule has 3 rings (SSSR count). The summed E-state index contributed by atoms with van der Waals surface area (Å²) < 4.78 is 1.82. The van der Waals surface area contributed by atoms with E-state index < -0.39 is 0 Å². The van der Waals surface area contributed by atoms with Gasteiger partial charge in [0.1, 0.15) is 0 Å². The van der Waals surface area contributed by atoms with Gasteiger partial charge in [0, 0.05) is 17.8 Å². The van der Waals surface area contributed by atoms with E-state index in [1.54, 1.807) is 0 Å². The molecule has 1 N–H and O–H groups in total. The number of carbonyl (C=O) groups is 1. The molecule has 0 aliphatic heterocycles. The number of nitrogens with zero attached hydrogens (tertiary/aromatic N) is 2. The fourth-order valence-corrected chi connectivity index (χ4v) is 1.85. The molecule has 1 amide bonds. The van der Waals surface area contributed by atoms with Crippen molar-refractivity contribution in [3.8, 4) is 5.69 Å². The second-order valence-electron chi connectivity index (χ2n) is 4.71. The fourth-order valence-electron chi connectivity index (χ4n) is 1.85. The molecule has 2 aromatic rings. The maximum absolute atomic E-state index is 11.6. The number of hydrogen-bond acceptors (Lipinski definition) is 2. The van der Waals surface area contributed by atoms with Crippen molar-refractivity contribution in [1.29, 1.82) is 0 Å². The smallest absolute Gasteiger partial charge is 0.227 e. The van der Waals surface area contributed by atoms with Crippen LogP contribution in [0.3, 0.4) is 0 Å². The van der Waals surface area contributed by atoms with Gasteiger partial charge in [0.05, 0.1) is 11.4 Å². The number of rotatable bonds is 3. The number of carbonyl (C=O) groups excluding carboxylic acids is 1. The van der Waals surface area contributed by atoms with Gasteiger partial charge in [-0.2, -0.15) is 5.10 Å². The summed E-state index contributed by atoms with van der Waals surface area (Å²) >= 11 is 0. The van der Waals surface area contributed by atoms with Gasteiger partial charge in [0.2, 0.25) is 5.91 Å². The Morgan fingerprint density at radius 2 is 2.00 bits per heavy atom. The van der Waals surface area contributed by atoms with E-state index in [2.05, 4.69) is 10.4 Å². The predicted molar refractivity (Wildman–Crippen MR) is 69.7 cm³/mol. The Labute approximate surface area is 106 Å². The van der Waals surface area contributed by atoms with Crippen LogP contribution in [-0.4, -0.2) is 15.7 Å². The molecule has 1 aromatic carbocycles. The zero-order chi connectivity index (χ0) is 12.5.